The van der Waals surface area contributed by atoms with Gasteiger partial charge in [-0.05, 0) is 19.3 Å². The molecule has 0 aliphatic carbocycles. The molecule has 1 amide bonds. The molecule has 0 saturated carbocycles. The Morgan fingerprint density at radius 3 is 2.50 bits per heavy atom. The van der Waals surface area contributed by atoms with Crippen molar-refractivity contribution in [2.24, 2.45) is 5.92 Å². The van der Waals surface area contributed by atoms with Gasteiger partial charge in [-0.2, -0.15) is 0 Å². The Hall–Kier alpha value is 0.900. The van der Waals surface area contributed by atoms with E-state index in [0.717, 1.165) is 12.8 Å². The second-order valence-electron chi connectivity index (χ2n) is 3.53. The fourth-order valence-electron chi connectivity index (χ4n) is 1.28. The number of halogens is 1. The van der Waals surface area contributed by atoms with Crippen LogP contribution < -0.4 is 0 Å². The molecule has 0 rings (SSSR count). The van der Waals surface area contributed by atoms with Crippen LogP contribution in [-0.2, 0) is 4.79 Å². The molecule has 14 heavy (non-hydrogen) atoms. The molecule has 0 aliphatic heterocycles. The third kappa shape index (κ3) is 5.11. The van der Waals surface area contributed by atoms with Crippen molar-refractivity contribution in [1.29, 1.82) is 0 Å². The van der Waals surface area contributed by atoms with Gasteiger partial charge in [-0.15, -0.1) is 0 Å². The standard InChI is InChI=1S/C9H18INOS2/c1-4-7(2)5-8(3)11(14-13)9(12)6-10/h7-8,13H,4-6H2,1-3H3. The van der Waals surface area contributed by atoms with Crippen molar-refractivity contribution in [3.05, 3.63) is 0 Å². The second kappa shape index (κ2) is 8.10. The summed E-state index contributed by atoms with van der Waals surface area (Å²) in [6, 6.07) is 0.273. The van der Waals surface area contributed by atoms with E-state index in [9.17, 15) is 4.79 Å². The lowest BCUT2D eigenvalue weighted by atomic mass is 10.0. The van der Waals surface area contributed by atoms with Gasteiger partial charge in [0.2, 0.25) is 5.91 Å². The van der Waals surface area contributed by atoms with Crippen LogP contribution in [0.3, 0.4) is 0 Å². The van der Waals surface area contributed by atoms with E-state index in [0.29, 0.717) is 10.3 Å². The summed E-state index contributed by atoms with van der Waals surface area (Å²) < 4.78 is 2.29. The minimum absolute atomic E-state index is 0.154. The number of hydrogen-bond donors (Lipinski definition) is 1. The van der Waals surface area contributed by atoms with Gasteiger partial charge < -0.3 is 0 Å². The number of nitrogens with zero attached hydrogens (tertiary/aromatic N) is 1. The molecular formula is C9H18INOS2. The van der Waals surface area contributed by atoms with Crippen molar-refractivity contribution in [3.63, 3.8) is 0 Å². The maximum absolute atomic E-state index is 11.5. The monoisotopic (exact) mass is 347 g/mol. The zero-order chi connectivity index (χ0) is 11.1. The van der Waals surface area contributed by atoms with Crippen molar-refractivity contribution < 1.29 is 4.79 Å². The van der Waals surface area contributed by atoms with Gasteiger partial charge in [-0.25, -0.2) is 0 Å². The Kier molecular flexibility index (Phi) is 8.62. The van der Waals surface area contributed by atoms with Crippen LogP contribution in [0.5, 0.6) is 0 Å². The molecule has 5 heteroatoms. The van der Waals surface area contributed by atoms with E-state index >= 15 is 0 Å². The summed E-state index contributed by atoms with van der Waals surface area (Å²) in [4.78, 5) is 11.5. The quantitative estimate of drug-likeness (QED) is 0.261. The predicted octanol–water partition coefficient (Wildman–Crippen LogP) is 3.57. The van der Waals surface area contributed by atoms with Crippen LogP contribution in [0.4, 0.5) is 0 Å². The van der Waals surface area contributed by atoms with Crippen LogP contribution in [0.25, 0.3) is 0 Å². The first-order valence-electron chi connectivity index (χ1n) is 4.76. The maximum Gasteiger partial charge on any atom is 0.243 e. The minimum atomic E-state index is 0.154. The lowest BCUT2D eigenvalue weighted by Crippen LogP contribution is -2.33. The fraction of sp³-hybridized carbons (Fsp3) is 0.889. The van der Waals surface area contributed by atoms with Gasteiger partial charge >= 0.3 is 0 Å². The van der Waals surface area contributed by atoms with Crippen LogP contribution in [0, 0.1) is 5.92 Å². The van der Waals surface area contributed by atoms with E-state index in [2.05, 4.69) is 55.0 Å². The van der Waals surface area contributed by atoms with Crippen molar-refractivity contribution in [2.45, 2.75) is 39.7 Å². The highest BCUT2D eigenvalue weighted by Gasteiger charge is 2.20. The van der Waals surface area contributed by atoms with E-state index in [-0.39, 0.29) is 11.9 Å². The van der Waals surface area contributed by atoms with Crippen LogP contribution in [0.1, 0.15) is 33.6 Å². The summed E-state index contributed by atoms with van der Waals surface area (Å²) in [7, 11) is 1.24. The minimum Gasteiger partial charge on any atom is -0.274 e. The molecule has 2 atom stereocenters. The first kappa shape index (κ1) is 14.9. The van der Waals surface area contributed by atoms with Crippen LogP contribution in [0.15, 0.2) is 0 Å². The van der Waals surface area contributed by atoms with E-state index in [1.165, 1.54) is 11.0 Å². The fourth-order valence-corrected chi connectivity index (χ4v) is 3.03. The zero-order valence-corrected chi connectivity index (χ0v) is 12.7. The smallest absolute Gasteiger partial charge is 0.243 e. The molecule has 0 aromatic carbocycles. The lowest BCUT2D eigenvalue weighted by Gasteiger charge is -2.27. The Bertz CT molecular complexity index is 180. The lowest BCUT2D eigenvalue weighted by molar-refractivity contribution is -0.124. The first-order valence-corrected chi connectivity index (χ1v) is 8.11. The summed E-state index contributed by atoms with van der Waals surface area (Å²) >= 11 is 6.21. The normalized spacial score (nSPS) is 14.9. The Morgan fingerprint density at radius 2 is 2.14 bits per heavy atom. The highest BCUT2D eigenvalue weighted by atomic mass is 127. The number of thiol groups is 1. The number of alkyl halides is 1. The highest BCUT2D eigenvalue weighted by Crippen LogP contribution is 2.23. The average Bonchev–Trinajstić information content (AvgIpc) is 2.18. The van der Waals surface area contributed by atoms with Crippen molar-refractivity contribution in [1.82, 2.24) is 4.31 Å². The topological polar surface area (TPSA) is 20.3 Å². The number of carbonyl (C=O) groups excluding carboxylic acids is 1. The van der Waals surface area contributed by atoms with Gasteiger partial charge in [0.1, 0.15) is 0 Å². The number of rotatable bonds is 6. The van der Waals surface area contributed by atoms with Gasteiger partial charge in [-0.3, -0.25) is 9.10 Å². The molecule has 2 nitrogen and oxygen atoms in total. The molecule has 0 fully saturated rings. The molecule has 84 valence electrons. The predicted molar refractivity (Wildman–Crippen MR) is 75.8 cm³/mol. The van der Waals surface area contributed by atoms with Crippen LogP contribution in [0.2, 0.25) is 0 Å². The van der Waals surface area contributed by atoms with E-state index < -0.39 is 0 Å². The summed E-state index contributed by atoms with van der Waals surface area (Å²) in [5.41, 5.74) is 0. The molecule has 0 radical (unpaired) electrons. The van der Waals surface area contributed by atoms with Gasteiger partial charge in [0.05, 0.1) is 4.43 Å². The average molecular weight is 347 g/mol. The molecule has 0 aromatic rings. The summed E-state index contributed by atoms with van der Waals surface area (Å²) in [5.74, 6) is 0.816. The van der Waals surface area contributed by atoms with Crippen molar-refractivity contribution >= 4 is 51.1 Å². The highest BCUT2D eigenvalue weighted by molar-refractivity contribution is 14.1. The van der Waals surface area contributed by atoms with E-state index in [1.54, 1.807) is 4.31 Å². The molecule has 0 N–H and O–H groups in total. The second-order valence-corrected chi connectivity index (χ2v) is 5.34. The number of amides is 1. The van der Waals surface area contributed by atoms with Crippen LogP contribution in [-0.4, -0.2) is 20.7 Å². The Balaban J connectivity index is 4.16. The summed E-state index contributed by atoms with van der Waals surface area (Å²) in [6.07, 6.45) is 2.21. The summed E-state index contributed by atoms with van der Waals surface area (Å²) in [5, 5.41) is 0. The van der Waals surface area contributed by atoms with E-state index in [4.69, 9.17) is 0 Å². The van der Waals surface area contributed by atoms with Crippen molar-refractivity contribution in [2.75, 3.05) is 4.43 Å². The third-order valence-corrected chi connectivity index (χ3v) is 4.21. The zero-order valence-electron chi connectivity index (χ0n) is 8.86. The molecule has 0 aromatic heterocycles. The third-order valence-electron chi connectivity index (χ3n) is 2.29. The van der Waals surface area contributed by atoms with Gasteiger partial charge in [0.15, 0.2) is 0 Å². The Morgan fingerprint density at radius 1 is 1.57 bits per heavy atom. The first-order chi connectivity index (χ1) is 6.56. The maximum atomic E-state index is 11.5. The molecule has 0 spiro atoms. The Labute approximate surface area is 110 Å². The molecule has 0 aliphatic rings. The van der Waals surface area contributed by atoms with Gasteiger partial charge in [0, 0.05) is 17.0 Å². The largest absolute Gasteiger partial charge is 0.274 e. The van der Waals surface area contributed by atoms with E-state index in [1.807, 2.05) is 0 Å². The number of carbonyl (C=O) groups is 1. The molecular weight excluding hydrogens is 329 g/mol. The van der Waals surface area contributed by atoms with Crippen molar-refractivity contribution in [3.8, 4) is 0 Å². The molecule has 0 saturated heterocycles. The van der Waals surface area contributed by atoms with Crippen LogP contribution >= 0.6 is 45.2 Å². The SMILES string of the molecule is CCC(C)CC(C)N(SS)C(=O)CI. The number of hydrogen-bond acceptors (Lipinski definition) is 3. The van der Waals surface area contributed by atoms with Gasteiger partial charge in [-0.1, -0.05) is 54.5 Å². The molecule has 0 heterocycles. The molecule has 2 unspecified atom stereocenters. The van der Waals surface area contributed by atoms with Gasteiger partial charge in [0.25, 0.3) is 0 Å². The molecule has 0 bridgehead atoms. The summed E-state index contributed by atoms with van der Waals surface area (Å²) in [6.45, 7) is 6.47.